The average molecular weight is 242 g/mol. The number of nitrogens with one attached hydrogen (secondary N) is 1. The fraction of sp³-hybridized carbons (Fsp3) is 0.267. The Kier molecular flexibility index (Phi) is 3.51. The molecule has 94 valence electrons. The summed E-state index contributed by atoms with van der Waals surface area (Å²) in [6.45, 7) is 4.27. The van der Waals surface area contributed by atoms with Gasteiger partial charge in [0.15, 0.2) is 0 Å². The summed E-state index contributed by atoms with van der Waals surface area (Å²) in [7, 11) is 1.86. The summed E-state index contributed by atoms with van der Waals surface area (Å²) in [4.78, 5) is 12.0. The third-order valence-electron chi connectivity index (χ3n) is 2.99. The molecular weight excluding hydrogens is 224 g/mol. The van der Waals surface area contributed by atoms with Crippen molar-refractivity contribution in [1.82, 2.24) is 4.57 Å². The fourth-order valence-electron chi connectivity index (χ4n) is 1.87. The van der Waals surface area contributed by atoms with Gasteiger partial charge in [0.25, 0.3) is 5.91 Å². The van der Waals surface area contributed by atoms with Crippen molar-refractivity contribution in [3.63, 3.8) is 0 Å². The highest BCUT2D eigenvalue weighted by atomic mass is 16.1. The van der Waals surface area contributed by atoms with Gasteiger partial charge in [0.1, 0.15) is 5.69 Å². The molecule has 0 aliphatic carbocycles. The molecule has 2 rings (SSSR count). The molecule has 1 heterocycles. The number of hydrogen-bond donors (Lipinski definition) is 1. The average Bonchev–Trinajstić information content (AvgIpc) is 2.76. The number of amides is 1. The second-order valence-corrected chi connectivity index (χ2v) is 4.74. The molecule has 0 atom stereocenters. The zero-order valence-electron chi connectivity index (χ0n) is 11.0. The summed E-state index contributed by atoms with van der Waals surface area (Å²) in [5, 5.41) is 2.92. The molecule has 18 heavy (non-hydrogen) atoms. The third-order valence-corrected chi connectivity index (χ3v) is 2.99. The van der Waals surface area contributed by atoms with Crippen LogP contribution >= 0.6 is 0 Å². The molecule has 2 aromatic rings. The molecule has 1 N–H and O–H groups in total. The third kappa shape index (κ3) is 2.62. The highest BCUT2D eigenvalue weighted by Crippen LogP contribution is 2.19. The molecule has 0 aliphatic rings. The predicted octanol–water partition coefficient (Wildman–Crippen LogP) is 3.40. The lowest BCUT2D eigenvalue weighted by atomic mass is 10.0. The van der Waals surface area contributed by atoms with Gasteiger partial charge in [0, 0.05) is 18.9 Å². The van der Waals surface area contributed by atoms with Crippen LogP contribution in [0.3, 0.4) is 0 Å². The Balaban J connectivity index is 2.17. The maximum atomic E-state index is 12.0. The number of benzene rings is 1. The minimum Gasteiger partial charge on any atom is -0.347 e. The highest BCUT2D eigenvalue weighted by molar-refractivity contribution is 6.03. The molecule has 0 fully saturated rings. The van der Waals surface area contributed by atoms with E-state index in [0.29, 0.717) is 11.6 Å². The molecule has 1 amide bonds. The fourth-order valence-corrected chi connectivity index (χ4v) is 1.87. The lowest BCUT2D eigenvalue weighted by molar-refractivity contribution is 0.101. The van der Waals surface area contributed by atoms with Crippen LogP contribution in [0.5, 0.6) is 0 Å². The first-order chi connectivity index (χ1) is 8.58. The van der Waals surface area contributed by atoms with Crippen LogP contribution in [0.4, 0.5) is 5.69 Å². The van der Waals surface area contributed by atoms with Gasteiger partial charge in [-0.25, -0.2) is 0 Å². The number of anilines is 1. The molecule has 1 aromatic heterocycles. The van der Waals surface area contributed by atoms with Crippen molar-refractivity contribution in [2.24, 2.45) is 7.05 Å². The van der Waals surface area contributed by atoms with Gasteiger partial charge in [0.2, 0.25) is 0 Å². The normalized spacial score (nSPS) is 10.7. The molecule has 0 spiro atoms. The van der Waals surface area contributed by atoms with E-state index < -0.39 is 0 Å². The van der Waals surface area contributed by atoms with Gasteiger partial charge in [-0.15, -0.1) is 0 Å². The number of hydrogen-bond acceptors (Lipinski definition) is 1. The lowest BCUT2D eigenvalue weighted by Crippen LogP contribution is -2.15. The van der Waals surface area contributed by atoms with E-state index in [1.165, 1.54) is 5.56 Å². The summed E-state index contributed by atoms with van der Waals surface area (Å²) in [5.74, 6) is 0.375. The molecule has 0 radical (unpaired) electrons. The molecule has 0 unspecified atom stereocenters. The van der Waals surface area contributed by atoms with Gasteiger partial charge in [-0.2, -0.15) is 0 Å². The van der Waals surface area contributed by atoms with Crippen molar-refractivity contribution >= 4 is 11.6 Å². The summed E-state index contributed by atoms with van der Waals surface area (Å²) < 4.78 is 1.81. The van der Waals surface area contributed by atoms with E-state index in [2.05, 4.69) is 25.2 Å². The van der Waals surface area contributed by atoms with E-state index in [1.807, 2.05) is 48.1 Å². The Morgan fingerprint density at radius 2 is 2.00 bits per heavy atom. The van der Waals surface area contributed by atoms with Crippen LogP contribution in [0.2, 0.25) is 0 Å². The van der Waals surface area contributed by atoms with Crippen molar-refractivity contribution in [1.29, 1.82) is 0 Å². The van der Waals surface area contributed by atoms with Crippen molar-refractivity contribution < 1.29 is 4.79 Å². The van der Waals surface area contributed by atoms with Gasteiger partial charge < -0.3 is 9.88 Å². The first kappa shape index (κ1) is 12.4. The molecule has 0 saturated carbocycles. The second kappa shape index (κ2) is 5.08. The van der Waals surface area contributed by atoms with Gasteiger partial charge >= 0.3 is 0 Å². The summed E-state index contributed by atoms with van der Waals surface area (Å²) >= 11 is 0. The number of carbonyl (C=O) groups is 1. The Morgan fingerprint density at radius 3 is 2.61 bits per heavy atom. The van der Waals surface area contributed by atoms with Gasteiger partial charge in [-0.05, 0) is 35.7 Å². The Labute approximate surface area is 107 Å². The Bertz CT molecular complexity index is 555. The number of carbonyl (C=O) groups excluding carboxylic acids is 1. The van der Waals surface area contributed by atoms with Gasteiger partial charge in [-0.3, -0.25) is 4.79 Å². The quantitative estimate of drug-likeness (QED) is 0.879. The van der Waals surface area contributed by atoms with Crippen molar-refractivity contribution in [3.8, 4) is 0 Å². The van der Waals surface area contributed by atoms with Crippen LogP contribution in [0, 0.1) is 0 Å². The molecule has 0 aliphatic heterocycles. The Morgan fingerprint density at radius 1 is 1.22 bits per heavy atom. The second-order valence-electron chi connectivity index (χ2n) is 4.74. The van der Waals surface area contributed by atoms with Gasteiger partial charge in [-0.1, -0.05) is 26.0 Å². The van der Waals surface area contributed by atoms with Crippen LogP contribution in [0.1, 0.15) is 35.8 Å². The van der Waals surface area contributed by atoms with Crippen LogP contribution in [-0.4, -0.2) is 10.5 Å². The monoisotopic (exact) mass is 242 g/mol. The molecule has 1 aromatic carbocycles. The van der Waals surface area contributed by atoms with Crippen LogP contribution in [0.25, 0.3) is 0 Å². The molecule has 3 nitrogen and oxygen atoms in total. The smallest absolute Gasteiger partial charge is 0.272 e. The summed E-state index contributed by atoms with van der Waals surface area (Å²) in [5.41, 5.74) is 2.72. The highest BCUT2D eigenvalue weighted by Gasteiger charge is 2.09. The number of aryl methyl sites for hydroxylation is 1. The van der Waals surface area contributed by atoms with E-state index in [1.54, 1.807) is 0 Å². The Hall–Kier alpha value is -2.03. The van der Waals surface area contributed by atoms with Crippen LogP contribution < -0.4 is 5.32 Å². The van der Waals surface area contributed by atoms with E-state index in [0.717, 1.165) is 5.69 Å². The van der Waals surface area contributed by atoms with Gasteiger partial charge in [0.05, 0.1) is 0 Å². The minimum absolute atomic E-state index is 0.0802. The number of rotatable bonds is 3. The first-order valence-electron chi connectivity index (χ1n) is 6.10. The topological polar surface area (TPSA) is 34.0 Å². The summed E-state index contributed by atoms with van der Waals surface area (Å²) in [6.07, 6.45) is 1.86. The SMILES string of the molecule is CC(C)c1cccc(NC(=O)c2cccn2C)c1. The van der Waals surface area contributed by atoms with Crippen LogP contribution in [0.15, 0.2) is 42.6 Å². The first-order valence-corrected chi connectivity index (χ1v) is 6.10. The predicted molar refractivity (Wildman–Crippen MR) is 73.9 cm³/mol. The summed E-state index contributed by atoms with van der Waals surface area (Å²) in [6, 6.07) is 11.6. The van der Waals surface area contributed by atoms with E-state index in [9.17, 15) is 4.79 Å². The zero-order chi connectivity index (χ0) is 13.1. The molecular formula is C15H18N2O. The molecule has 0 saturated heterocycles. The lowest BCUT2D eigenvalue weighted by Gasteiger charge is -2.10. The maximum absolute atomic E-state index is 12.0. The molecule has 3 heteroatoms. The maximum Gasteiger partial charge on any atom is 0.272 e. The van der Waals surface area contributed by atoms with Crippen LogP contribution in [-0.2, 0) is 7.05 Å². The van der Waals surface area contributed by atoms with Crippen molar-refractivity contribution in [2.45, 2.75) is 19.8 Å². The molecule has 0 bridgehead atoms. The van der Waals surface area contributed by atoms with Crippen molar-refractivity contribution in [3.05, 3.63) is 53.9 Å². The minimum atomic E-state index is -0.0802. The number of nitrogens with zero attached hydrogens (tertiary/aromatic N) is 1. The van der Waals surface area contributed by atoms with Crippen molar-refractivity contribution in [2.75, 3.05) is 5.32 Å². The zero-order valence-corrected chi connectivity index (χ0v) is 11.0. The van der Waals surface area contributed by atoms with E-state index in [-0.39, 0.29) is 5.91 Å². The number of aromatic nitrogens is 1. The largest absolute Gasteiger partial charge is 0.347 e. The van der Waals surface area contributed by atoms with E-state index >= 15 is 0 Å². The standard InChI is InChI=1S/C15H18N2O/c1-11(2)12-6-4-7-13(10-12)16-15(18)14-8-5-9-17(14)3/h4-11H,1-3H3,(H,16,18). The van der Waals surface area contributed by atoms with E-state index in [4.69, 9.17) is 0 Å².